The van der Waals surface area contributed by atoms with Crippen molar-refractivity contribution in [3.8, 4) is 0 Å². The molecule has 2 aromatic heterocycles. The van der Waals surface area contributed by atoms with E-state index in [4.69, 9.17) is 10.5 Å². The topological polar surface area (TPSA) is 102 Å². The zero-order chi connectivity index (χ0) is 20.4. The Morgan fingerprint density at radius 1 is 1.31 bits per heavy atom. The van der Waals surface area contributed by atoms with E-state index in [1.807, 2.05) is 31.2 Å². The van der Waals surface area contributed by atoms with E-state index in [9.17, 15) is 4.79 Å². The number of pyridine rings is 2. The second-order valence-electron chi connectivity index (χ2n) is 6.81. The van der Waals surface area contributed by atoms with Gasteiger partial charge in [0.15, 0.2) is 5.76 Å². The molecule has 0 radical (unpaired) electrons. The van der Waals surface area contributed by atoms with Gasteiger partial charge in [-0.25, -0.2) is 4.98 Å². The highest BCUT2D eigenvalue weighted by Crippen LogP contribution is 2.37. The summed E-state index contributed by atoms with van der Waals surface area (Å²) in [5, 5.41) is 6.10. The van der Waals surface area contributed by atoms with Crippen molar-refractivity contribution < 1.29 is 9.53 Å². The van der Waals surface area contributed by atoms with Crippen molar-refractivity contribution in [3.05, 3.63) is 76.4 Å². The third-order valence-electron chi connectivity index (χ3n) is 4.83. The van der Waals surface area contributed by atoms with Crippen molar-refractivity contribution in [2.45, 2.75) is 19.6 Å². The SMILES string of the molecule is CC1=C(C(=O)Nc2ccnc(CNc3cccnc3N)c2)OC2C=CC(Br)=CC12. The van der Waals surface area contributed by atoms with Gasteiger partial charge in [-0.1, -0.05) is 22.0 Å². The number of nitrogens with two attached hydrogens (primary N) is 1. The van der Waals surface area contributed by atoms with Crippen LogP contribution in [0.4, 0.5) is 17.2 Å². The molecule has 0 aromatic carbocycles. The molecule has 2 atom stereocenters. The average molecular weight is 454 g/mol. The summed E-state index contributed by atoms with van der Waals surface area (Å²) in [5.41, 5.74) is 8.89. The first-order chi connectivity index (χ1) is 14.0. The molecule has 1 amide bonds. The molecule has 7 nitrogen and oxygen atoms in total. The molecule has 29 heavy (non-hydrogen) atoms. The van der Waals surface area contributed by atoms with Crippen molar-refractivity contribution in [2.75, 3.05) is 16.4 Å². The predicted octanol–water partition coefficient (Wildman–Crippen LogP) is 3.75. The summed E-state index contributed by atoms with van der Waals surface area (Å²) in [7, 11) is 0. The number of hydrogen-bond donors (Lipinski definition) is 3. The summed E-state index contributed by atoms with van der Waals surface area (Å²) in [6, 6.07) is 7.21. The summed E-state index contributed by atoms with van der Waals surface area (Å²) in [6.07, 6.45) is 9.10. The van der Waals surface area contributed by atoms with E-state index in [0.29, 0.717) is 23.8 Å². The quantitative estimate of drug-likeness (QED) is 0.636. The lowest BCUT2D eigenvalue weighted by atomic mass is 9.92. The van der Waals surface area contributed by atoms with E-state index >= 15 is 0 Å². The highest BCUT2D eigenvalue weighted by atomic mass is 79.9. The Kier molecular flexibility index (Phi) is 5.35. The lowest BCUT2D eigenvalue weighted by Crippen LogP contribution is -2.18. The fourth-order valence-electron chi connectivity index (χ4n) is 3.32. The summed E-state index contributed by atoms with van der Waals surface area (Å²) < 4.78 is 6.86. The van der Waals surface area contributed by atoms with Crippen LogP contribution in [0.5, 0.6) is 0 Å². The molecule has 1 aliphatic carbocycles. The number of fused-ring (bicyclic) bond motifs is 1. The third kappa shape index (κ3) is 4.17. The highest BCUT2D eigenvalue weighted by Gasteiger charge is 2.36. The van der Waals surface area contributed by atoms with Crippen molar-refractivity contribution in [3.63, 3.8) is 0 Å². The molecule has 0 saturated carbocycles. The minimum Gasteiger partial charge on any atom is -0.480 e. The van der Waals surface area contributed by atoms with Gasteiger partial charge in [0.1, 0.15) is 11.9 Å². The highest BCUT2D eigenvalue weighted by molar-refractivity contribution is 9.11. The van der Waals surface area contributed by atoms with Crippen LogP contribution < -0.4 is 16.4 Å². The van der Waals surface area contributed by atoms with Gasteiger partial charge >= 0.3 is 0 Å². The van der Waals surface area contributed by atoms with Crippen molar-refractivity contribution >= 4 is 39.0 Å². The molecule has 3 heterocycles. The molecule has 4 N–H and O–H groups in total. The molecule has 0 fully saturated rings. The molecule has 2 unspecified atom stereocenters. The minimum absolute atomic E-state index is 0.0669. The zero-order valence-electron chi connectivity index (χ0n) is 15.7. The van der Waals surface area contributed by atoms with Gasteiger partial charge in [0.25, 0.3) is 5.91 Å². The maximum absolute atomic E-state index is 12.8. The number of anilines is 3. The van der Waals surface area contributed by atoms with Crippen LogP contribution in [0.15, 0.2) is 70.7 Å². The second kappa shape index (κ2) is 8.08. The Hall–Kier alpha value is -3.13. The Bertz CT molecular complexity index is 1050. The maximum Gasteiger partial charge on any atom is 0.290 e. The molecule has 8 heteroatoms. The van der Waals surface area contributed by atoms with Gasteiger partial charge in [-0.15, -0.1) is 0 Å². The predicted molar refractivity (Wildman–Crippen MR) is 116 cm³/mol. The van der Waals surface area contributed by atoms with Crippen LogP contribution >= 0.6 is 15.9 Å². The molecule has 4 rings (SSSR count). The lowest BCUT2D eigenvalue weighted by molar-refractivity contribution is -0.116. The molecule has 0 bridgehead atoms. The number of rotatable bonds is 5. The standard InChI is InChI=1S/C21H20BrN5O2/c1-12-16-9-13(22)4-5-18(16)29-19(12)21(28)27-14-6-8-24-15(10-14)11-26-17-3-2-7-25-20(17)23/h2-10,16,18,26H,11H2,1H3,(H2,23,25)(H,24,27,28). The van der Waals surface area contributed by atoms with E-state index < -0.39 is 0 Å². The van der Waals surface area contributed by atoms with E-state index in [2.05, 4.69) is 42.6 Å². The Labute approximate surface area is 176 Å². The van der Waals surface area contributed by atoms with Crippen LogP contribution in [0.2, 0.25) is 0 Å². The largest absolute Gasteiger partial charge is 0.480 e. The molecule has 1 aliphatic heterocycles. The smallest absolute Gasteiger partial charge is 0.290 e. The number of amides is 1. The van der Waals surface area contributed by atoms with E-state index in [0.717, 1.165) is 21.4 Å². The normalized spacial score (nSPS) is 20.0. The summed E-state index contributed by atoms with van der Waals surface area (Å²) in [5.74, 6) is 0.588. The van der Waals surface area contributed by atoms with Gasteiger partial charge in [-0.2, -0.15) is 0 Å². The van der Waals surface area contributed by atoms with E-state index in [1.54, 1.807) is 24.5 Å². The van der Waals surface area contributed by atoms with Crippen molar-refractivity contribution in [1.82, 2.24) is 9.97 Å². The Morgan fingerprint density at radius 2 is 2.17 bits per heavy atom. The first kappa shape index (κ1) is 19.2. The van der Waals surface area contributed by atoms with Crippen LogP contribution in [-0.2, 0) is 16.1 Å². The summed E-state index contributed by atoms with van der Waals surface area (Å²) in [6.45, 7) is 2.38. The molecule has 0 spiro atoms. The van der Waals surface area contributed by atoms with Crippen molar-refractivity contribution in [1.29, 1.82) is 0 Å². The van der Waals surface area contributed by atoms with Crippen LogP contribution in [-0.4, -0.2) is 22.0 Å². The molecule has 2 aliphatic rings. The monoisotopic (exact) mass is 453 g/mol. The number of nitrogens with zero attached hydrogens (tertiary/aromatic N) is 2. The number of carbonyl (C=O) groups is 1. The Balaban J connectivity index is 1.43. The second-order valence-corrected chi connectivity index (χ2v) is 7.73. The molecule has 148 valence electrons. The number of aromatic nitrogens is 2. The van der Waals surface area contributed by atoms with Gasteiger partial charge < -0.3 is 21.1 Å². The van der Waals surface area contributed by atoms with Crippen LogP contribution in [0.1, 0.15) is 12.6 Å². The number of nitrogen functional groups attached to an aromatic ring is 1. The summed E-state index contributed by atoms with van der Waals surface area (Å²) in [4.78, 5) is 21.1. The van der Waals surface area contributed by atoms with Crippen LogP contribution in [0, 0.1) is 5.92 Å². The van der Waals surface area contributed by atoms with Gasteiger partial charge in [0, 0.05) is 28.5 Å². The number of carbonyl (C=O) groups excluding carboxylic acids is 1. The van der Waals surface area contributed by atoms with Gasteiger partial charge in [-0.3, -0.25) is 9.78 Å². The van der Waals surface area contributed by atoms with Gasteiger partial charge in [0.2, 0.25) is 0 Å². The molecule has 0 saturated heterocycles. The van der Waals surface area contributed by atoms with Crippen LogP contribution in [0.3, 0.4) is 0 Å². The average Bonchev–Trinajstić information content (AvgIpc) is 3.04. The third-order valence-corrected chi connectivity index (χ3v) is 5.36. The fourth-order valence-corrected chi connectivity index (χ4v) is 3.76. The van der Waals surface area contributed by atoms with Crippen LogP contribution in [0.25, 0.3) is 0 Å². The molecule has 2 aromatic rings. The van der Waals surface area contributed by atoms with Crippen molar-refractivity contribution in [2.24, 2.45) is 5.92 Å². The van der Waals surface area contributed by atoms with E-state index in [-0.39, 0.29) is 17.9 Å². The maximum atomic E-state index is 12.8. The number of nitrogens with one attached hydrogen (secondary N) is 2. The zero-order valence-corrected chi connectivity index (χ0v) is 17.3. The number of ether oxygens (including phenoxy) is 1. The molecular weight excluding hydrogens is 434 g/mol. The lowest BCUT2D eigenvalue weighted by Gasteiger charge is -2.17. The van der Waals surface area contributed by atoms with Gasteiger partial charge in [0.05, 0.1) is 17.9 Å². The number of hydrogen-bond acceptors (Lipinski definition) is 6. The number of allylic oxidation sites excluding steroid dienone is 2. The Morgan fingerprint density at radius 3 is 3.00 bits per heavy atom. The summed E-state index contributed by atoms with van der Waals surface area (Å²) >= 11 is 3.48. The minimum atomic E-state index is -0.267. The van der Waals surface area contributed by atoms with E-state index in [1.165, 1.54) is 0 Å². The fraction of sp³-hybridized carbons (Fsp3) is 0.190. The first-order valence-electron chi connectivity index (χ1n) is 9.15. The number of halogens is 1. The first-order valence-corrected chi connectivity index (χ1v) is 9.94. The molecular formula is C21H20BrN5O2. The van der Waals surface area contributed by atoms with Gasteiger partial charge in [-0.05, 0) is 48.9 Å².